The number of halogens is 3. The van der Waals surface area contributed by atoms with Crippen molar-refractivity contribution in [1.82, 2.24) is 5.43 Å². The normalized spacial score (nSPS) is 17.1. The van der Waals surface area contributed by atoms with Gasteiger partial charge in [-0.25, -0.2) is 5.01 Å². The van der Waals surface area contributed by atoms with Crippen LogP contribution in [-0.2, 0) is 20.5 Å². The molecule has 8 nitrogen and oxygen atoms in total. The maximum absolute atomic E-state index is 13.7. The molecular formula is C22H21F3N4O4. The van der Waals surface area contributed by atoms with Crippen molar-refractivity contribution in [3.8, 4) is 0 Å². The Labute approximate surface area is 187 Å². The standard InChI is InChI=1S/C22H21F3N4O4/c23-22(24,25)17-13-16(28-9-11-33-12-10-28)5-6-18(17)26-21(32)14-1-3-15(4-2-14)29-20(31)8-7-19(30)27-29/h1-6,13H,7-12H2,(H,26,32)(H,27,30). The Morgan fingerprint density at radius 2 is 1.64 bits per heavy atom. The van der Waals surface area contributed by atoms with Crippen molar-refractivity contribution in [1.29, 1.82) is 0 Å². The minimum atomic E-state index is -4.67. The highest BCUT2D eigenvalue weighted by Crippen LogP contribution is 2.37. The van der Waals surface area contributed by atoms with Crippen molar-refractivity contribution in [2.45, 2.75) is 19.0 Å². The summed E-state index contributed by atoms with van der Waals surface area (Å²) in [6.07, 6.45) is -4.50. The van der Waals surface area contributed by atoms with Crippen LogP contribution in [0.2, 0.25) is 0 Å². The van der Waals surface area contributed by atoms with E-state index in [2.05, 4.69) is 10.7 Å². The van der Waals surface area contributed by atoms with Gasteiger partial charge in [0.05, 0.1) is 30.2 Å². The van der Waals surface area contributed by atoms with Gasteiger partial charge >= 0.3 is 6.18 Å². The first-order valence-electron chi connectivity index (χ1n) is 10.3. The van der Waals surface area contributed by atoms with Gasteiger partial charge in [0.2, 0.25) is 11.8 Å². The summed E-state index contributed by atoms with van der Waals surface area (Å²) >= 11 is 0. The third kappa shape index (κ3) is 5.08. The Balaban J connectivity index is 1.52. The maximum Gasteiger partial charge on any atom is 0.418 e. The summed E-state index contributed by atoms with van der Waals surface area (Å²) in [5.41, 5.74) is 1.98. The van der Waals surface area contributed by atoms with E-state index in [0.717, 1.165) is 11.1 Å². The van der Waals surface area contributed by atoms with E-state index < -0.39 is 17.6 Å². The summed E-state index contributed by atoms with van der Waals surface area (Å²) in [7, 11) is 0. The molecule has 3 amide bonds. The summed E-state index contributed by atoms with van der Waals surface area (Å²) in [5, 5.41) is 3.41. The smallest absolute Gasteiger partial charge is 0.378 e. The van der Waals surface area contributed by atoms with Crippen LogP contribution in [0.25, 0.3) is 0 Å². The van der Waals surface area contributed by atoms with E-state index in [1.165, 1.54) is 36.4 Å². The number of rotatable bonds is 4. The number of ether oxygens (including phenoxy) is 1. The van der Waals surface area contributed by atoms with Gasteiger partial charge in [-0.05, 0) is 42.5 Å². The van der Waals surface area contributed by atoms with Crippen molar-refractivity contribution in [3.05, 3.63) is 53.6 Å². The number of amides is 3. The lowest BCUT2D eigenvalue weighted by Crippen LogP contribution is -2.50. The highest BCUT2D eigenvalue weighted by atomic mass is 19.4. The molecule has 2 N–H and O–H groups in total. The van der Waals surface area contributed by atoms with Crippen LogP contribution in [0.4, 0.5) is 30.2 Å². The SMILES string of the molecule is O=C1CCC(=O)N(c2ccc(C(=O)Nc3ccc(N4CCOCC4)cc3C(F)(F)F)cc2)N1. The van der Waals surface area contributed by atoms with Crippen molar-refractivity contribution in [2.75, 3.05) is 41.5 Å². The Kier molecular flexibility index (Phi) is 6.23. The monoisotopic (exact) mass is 462 g/mol. The molecule has 2 fully saturated rings. The second kappa shape index (κ2) is 9.10. The molecule has 174 valence electrons. The predicted molar refractivity (Wildman–Crippen MR) is 114 cm³/mol. The third-order valence-corrected chi connectivity index (χ3v) is 5.37. The molecule has 2 aliphatic heterocycles. The number of morpholine rings is 1. The number of nitrogens with zero attached hydrogens (tertiary/aromatic N) is 2. The van der Waals surface area contributed by atoms with Gasteiger partial charge in [0, 0.05) is 37.2 Å². The summed E-state index contributed by atoms with van der Waals surface area (Å²) in [5.74, 6) is -1.35. The van der Waals surface area contributed by atoms with Crippen LogP contribution in [0.15, 0.2) is 42.5 Å². The lowest BCUT2D eigenvalue weighted by molar-refractivity contribution is -0.136. The van der Waals surface area contributed by atoms with Crippen LogP contribution in [0, 0.1) is 0 Å². The molecule has 0 aromatic heterocycles. The van der Waals surface area contributed by atoms with Crippen LogP contribution in [-0.4, -0.2) is 44.0 Å². The summed E-state index contributed by atoms with van der Waals surface area (Å²) in [6.45, 7) is 1.83. The molecule has 4 rings (SSSR count). The lowest BCUT2D eigenvalue weighted by Gasteiger charge is -2.29. The van der Waals surface area contributed by atoms with E-state index in [1.54, 1.807) is 4.90 Å². The molecular weight excluding hydrogens is 441 g/mol. The minimum Gasteiger partial charge on any atom is -0.378 e. The first-order chi connectivity index (χ1) is 15.7. The molecule has 0 spiro atoms. The summed E-state index contributed by atoms with van der Waals surface area (Å²) in [4.78, 5) is 38.0. The highest BCUT2D eigenvalue weighted by Gasteiger charge is 2.35. The van der Waals surface area contributed by atoms with Gasteiger partial charge in [-0.1, -0.05) is 0 Å². The zero-order valence-electron chi connectivity index (χ0n) is 17.4. The van der Waals surface area contributed by atoms with E-state index in [4.69, 9.17) is 4.74 Å². The van der Waals surface area contributed by atoms with Crippen LogP contribution in [0.3, 0.4) is 0 Å². The average Bonchev–Trinajstić information content (AvgIpc) is 2.81. The largest absolute Gasteiger partial charge is 0.418 e. The number of hydrogen-bond acceptors (Lipinski definition) is 5. The van der Waals surface area contributed by atoms with Crippen molar-refractivity contribution in [2.24, 2.45) is 0 Å². The fourth-order valence-electron chi connectivity index (χ4n) is 3.63. The second-order valence-corrected chi connectivity index (χ2v) is 7.59. The Morgan fingerprint density at radius 3 is 2.30 bits per heavy atom. The molecule has 33 heavy (non-hydrogen) atoms. The molecule has 2 aromatic carbocycles. The molecule has 2 heterocycles. The van der Waals surface area contributed by atoms with Crippen LogP contribution in [0.1, 0.15) is 28.8 Å². The predicted octanol–water partition coefficient (Wildman–Crippen LogP) is 2.95. The number of hydrazine groups is 1. The first kappa shape index (κ1) is 22.6. The summed E-state index contributed by atoms with van der Waals surface area (Å²) in [6, 6.07) is 9.40. The number of carbonyl (C=O) groups is 3. The van der Waals surface area contributed by atoms with E-state index in [-0.39, 0.29) is 35.9 Å². The number of hydrogen-bond donors (Lipinski definition) is 2. The van der Waals surface area contributed by atoms with Crippen LogP contribution >= 0.6 is 0 Å². The summed E-state index contributed by atoms with van der Waals surface area (Å²) < 4.78 is 46.4. The number of anilines is 3. The molecule has 2 saturated heterocycles. The Morgan fingerprint density at radius 1 is 0.970 bits per heavy atom. The topological polar surface area (TPSA) is 91.0 Å². The quantitative estimate of drug-likeness (QED) is 0.729. The number of carbonyl (C=O) groups excluding carboxylic acids is 3. The van der Waals surface area contributed by atoms with Gasteiger partial charge in [-0.15, -0.1) is 0 Å². The molecule has 0 unspecified atom stereocenters. The molecule has 0 aliphatic carbocycles. The lowest BCUT2D eigenvalue weighted by atomic mass is 10.1. The average molecular weight is 462 g/mol. The van der Waals surface area contributed by atoms with Gasteiger partial charge in [-0.3, -0.25) is 19.8 Å². The number of alkyl halides is 3. The van der Waals surface area contributed by atoms with Crippen molar-refractivity contribution < 1.29 is 32.3 Å². The van der Waals surface area contributed by atoms with E-state index in [9.17, 15) is 27.6 Å². The molecule has 0 bridgehead atoms. The van der Waals surface area contributed by atoms with Crippen molar-refractivity contribution in [3.63, 3.8) is 0 Å². The molecule has 0 radical (unpaired) electrons. The molecule has 11 heteroatoms. The molecule has 2 aliphatic rings. The van der Waals surface area contributed by atoms with Crippen molar-refractivity contribution >= 4 is 34.8 Å². The van der Waals surface area contributed by atoms with Gasteiger partial charge in [0.1, 0.15) is 0 Å². The Bertz CT molecular complexity index is 1070. The minimum absolute atomic E-state index is 0.0642. The first-order valence-corrected chi connectivity index (χ1v) is 10.3. The van der Waals surface area contributed by atoms with Gasteiger partial charge in [-0.2, -0.15) is 13.2 Å². The van der Waals surface area contributed by atoms with Gasteiger partial charge in [0.15, 0.2) is 0 Å². The number of benzene rings is 2. The van der Waals surface area contributed by atoms with Gasteiger partial charge < -0.3 is 15.0 Å². The van der Waals surface area contributed by atoms with E-state index in [0.29, 0.717) is 37.7 Å². The molecule has 0 atom stereocenters. The zero-order valence-corrected chi connectivity index (χ0v) is 17.4. The Hall–Kier alpha value is -3.60. The van der Waals surface area contributed by atoms with Gasteiger partial charge in [0.25, 0.3) is 5.91 Å². The van der Waals surface area contributed by atoms with Crippen LogP contribution in [0.5, 0.6) is 0 Å². The van der Waals surface area contributed by atoms with Crippen LogP contribution < -0.4 is 20.7 Å². The number of nitrogens with one attached hydrogen (secondary N) is 2. The third-order valence-electron chi connectivity index (χ3n) is 5.37. The zero-order chi connectivity index (χ0) is 23.6. The molecule has 0 saturated carbocycles. The highest BCUT2D eigenvalue weighted by molar-refractivity contribution is 6.06. The van der Waals surface area contributed by atoms with E-state index in [1.807, 2.05) is 0 Å². The molecule has 2 aromatic rings. The maximum atomic E-state index is 13.7. The fourth-order valence-corrected chi connectivity index (χ4v) is 3.63. The second-order valence-electron chi connectivity index (χ2n) is 7.59. The fraction of sp³-hybridized carbons (Fsp3) is 0.318. The van der Waals surface area contributed by atoms with E-state index >= 15 is 0 Å².